The highest BCUT2D eigenvalue weighted by Gasteiger charge is 2.55. The van der Waals surface area contributed by atoms with Crippen LogP contribution in [0.5, 0.6) is 23.0 Å². The summed E-state index contributed by atoms with van der Waals surface area (Å²) in [5.74, 6) is -0.932. The van der Waals surface area contributed by atoms with E-state index < -0.39 is 35.2 Å². The number of anilines is 1. The molecule has 50 heavy (non-hydrogen) atoms. The number of carbonyl (C=O) groups is 4. The Bertz CT molecular complexity index is 2270. The average molecular weight is 677 g/mol. The van der Waals surface area contributed by atoms with Crippen LogP contribution < -0.4 is 14.4 Å². The summed E-state index contributed by atoms with van der Waals surface area (Å²) in [6.07, 6.45) is -4.90. The number of nitrogens with zero attached hydrogens (tertiary/aromatic N) is 2. The lowest BCUT2D eigenvalue weighted by Gasteiger charge is -2.33. The normalized spacial score (nSPS) is 15.2. The zero-order chi connectivity index (χ0) is 35.5. The summed E-state index contributed by atoms with van der Waals surface area (Å²) in [7, 11) is 1.25. The number of imide groups is 2. The molecule has 7 rings (SSSR count). The lowest BCUT2D eigenvalue weighted by atomic mass is 9.74. The van der Waals surface area contributed by atoms with Crippen molar-refractivity contribution in [3.63, 3.8) is 0 Å². The van der Waals surface area contributed by atoms with Crippen LogP contribution in [0.3, 0.4) is 0 Å². The topological polar surface area (TPSA) is 93.2 Å². The van der Waals surface area contributed by atoms with Crippen LogP contribution in [0.25, 0.3) is 0 Å². The Labute approximate surface area is 284 Å². The zero-order valence-corrected chi connectivity index (χ0v) is 26.9. The van der Waals surface area contributed by atoms with Crippen molar-refractivity contribution in [1.82, 2.24) is 4.90 Å². The maximum atomic E-state index is 15.0. The minimum atomic E-state index is -4.90. The maximum Gasteiger partial charge on any atom is 0.402 e. The number of rotatable bonds is 7. The number of ether oxygens (including phenoxy) is 2. The minimum Gasteiger partial charge on any atom is -0.457 e. The quantitative estimate of drug-likeness (QED) is 0.161. The second kappa shape index (κ2) is 11.7. The first-order valence-corrected chi connectivity index (χ1v) is 15.5. The summed E-state index contributed by atoms with van der Waals surface area (Å²) in [5.41, 5.74) is -2.53. The third-order valence-electron chi connectivity index (χ3n) is 9.04. The van der Waals surface area contributed by atoms with Gasteiger partial charge in [-0.05, 0) is 91.2 Å². The van der Waals surface area contributed by atoms with Crippen molar-refractivity contribution in [3.05, 3.63) is 148 Å². The van der Waals surface area contributed by atoms with Crippen molar-refractivity contribution in [3.8, 4) is 23.0 Å². The van der Waals surface area contributed by atoms with Gasteiger partial charge in [0.1, 0.15) is 28.4 Å². The van der Waals surface area contributed by atoms with Crippen LogP contribution in [0, 0.1) is 6.92 Å². The molecule has 0 aliphatic carbocycles. The SMILES string of the molecule is Cc1cccc(Oc2cccc(Oc3cccc(N4C(=O)c5ccc([C@@](C)(c6ccc7c(c6)C(=O)N(C)C7=O)C(F)(F)F)cc5C4=O)c3)c2)c1. The molecule has 4 amide bonds. The van der Waals surface area contributed by atoms with E-state index in [9.17, 15) is 32.3 Å². The monoisotopic (exact) mass is 676 g/mol. The number of aryl methyl sites for hydroxylation is 1. The van der Waals surface area contributed by atoms with E-state index in [1.54, 1.807) is 36.4 Å². The largest absolute Gasteiger partial charge is 0.457 e. The fraction of sp³-hybridized carbons (Fsp3) is 0.128. The maximum absolute atomic E-state index is 15.0. The molecule has 0 radical (unpaired) electrons. The van der Waals surface area contributed by atoms with E-state index in [0.29, 0.717) is 23.0 Å². The van der Waals surface area contributed by atoms with Gasteiger partial charge in [0.25, 0.3) is 23.6 Å². The molecule has 2 aliphatic heterocycles. The summed E-state index contributed by atoms with van der Waals surface area (Å²) in [4.78, 5) is 54.0. The Morgan fingerprint density at radius 2 is 1.00 bits per heavy atom. The van der Waals surface area contributed by atoms with Crippen LogP contribution in [0.1, 0.15) is 65.0 Å². The smallest absolute Gasteiger partial charge is 0.402 e. The van der Waals surface area contributed by atoms with Crippen LogP contribution in [-0.2, 0) is 5.41 Å². The van der Waals surface area contributed by atoms with Gasteiger partial charge in [-0.2, -0.15) is 13.2 Å². The van der Waals surface area contributed by atoms with Gasteiger partial charge in [-0.25, -0.2) is 4.90 Å². The van der Waals surface area contributed by atoms with Gasteiger partial charge in [0.2, 0.25) is 0 Å². The molecular formula is C39H27F3N2O6. The fourth-order valence-corrected chi connectivity index (χ4v) is 6.19. The lowest BCUT2D eigenvalue weighted by Crippen LogP contribution is -2.41. The van der Waals surface area contributed by atoms with Crippen LogP contribution in [0.4, 0.5) is 18.9 Å². The van der Waals surface area contributed by atoms with Gasteiger partial charge in [0.15, 0.2) is 0 Å². The van der Waals surface area contributed by atoms with Gasteiger partial charge >= 0.3 is 6.18 Å². The summed E-state index contributed by atoms with van der Waals surface area (Å²) in [6.45, 7) is 2.89. The summed E-state index contributed by atoms with van der Waals surface area (Å²) in [5, 5.41) is 0. The van der Waals surface area contributed by atoms with Crippen molar-refractivity contribution in [1.29, 1.82) is 0 Å². The van der Waals surface area contributed by atoms with E-state index in [0.717, 1.165) is 46.6 Å². The Morgan fingerprint density at radius 3 is 1.58 bits per heavy atom. The Morgan fingerprint density at radius 1 is 0.540 bits per heavy atom. The molecule has 2 heterocycles. The first-order chi connectivity index (χ1) is 23.8. The number of benzene rings is 5. The highest BCUT2D eigenvalue weighted by molar-refractivity contribution is 6.34. The van der Waals surface area contributed by atoms with Gasteiger partial charge in [0.05, 0.1) is 27.9 Å². The standard InChI is InChI=1S/C39H27F3N2O6/c1-22-7-4-9-26(17-22)49-28-11-6-12-29(21-28)50-27-10-5-8-25(20-27)44-36(47)31-16-14-24(19-33(31)37(44)48)38(2,39(40,41)42)23-13-15-30-32(18-23)35(46)43(3)34(30)45/h4-21H,1-3H3/t38-/m1/s1. The highest BCUT2D eigenvalue weighted by Crippen LogP contribution is 2.48. The molecule has 5 aromatic carbocycles. The molecule has 0 unspecified atom stereocenters. The van der Waals surface area contributed by atoms with Crippen molar-refractivity contribution in [2.45, 2.75) is 25.4 Å². The number of carbonyl (C=O) groups excluding carboxylic acids is 4. The van der Waals surface area contributed by atoms with Crippen molar-refractivity contribution < 1.29 is 41.8 Å². The van der Waals surface area contributed by atoms with Crippen molar-refractivity contribution in [2.75, 3.05) is 11.9 Å². The van der Waals surface area contributed by atoms with Crippen molar-refractivity contribution >= 4 is 29.3 Å². The molecule has 11 heteroatoms. The van der Waals surface area contributed by atoms with E-state index in [1.807, 2.05) is 31.2 Å². The second-order valence-electron chi connectivity index (χ2n) is 12.3. The van der Waals surface area contributed by atoms with E-state index in [4.69, 9.17) is 9.47 Å². The molecule has 2 aliphatic rings. The molecule has 0 saturated carbocycles. The molecular weight excluding hydrogens is 649 g/mol. The number of alkyl halides is 3. The van der Waals surface area contributed by atoms with Gasteiger partial charge in [-0.15, -0.1) is 0 Å². The van der Waals surface area contributed by atoms with Gasteiger partial charge in [-0.1, -0.05) is 36.4 Å². The number of amides is 4. The van der Waals surface area contributed by atoms with E-state index in [-0.39, 0.29) is 39.1 Å². The molecule has 0 spiro atoms. The molecule has 0 saturated heterocycles. The summed E-state index contributed by atoms with van der Waals surface area (Å²) in [6, 6.07) is 27.5. The van der Waals surface area contributed by atoms with Crippen LogP contribution in [0.2, 0.25) is 0 Å². The number of halogens is 3. The molecule has 8 nitrogen and oxygen atoms in total. The van der Waals surface area contributed by atoms with Crippen LogP contribution in [-0.4, -0.2) is 41.8 Å². The third-order valence-corrected chi connectivity index (χ3v) is 9.04. The van der Waals surface area contributed by atoms with Crippen molar-refractivity contribution in [2.24, 2.45) is 0 Å². The molecule has 5 aromatic rings. The van der Waals surface area contributed by atoms with Gasteiger partial charge in [0, 0.05) is 19.2 Å². The first kappa shape index (κ1) is 32.3. The molecule has 0 aromatic heterocycles. The molecule has 0 fully saturated rings. The van der Waals surface area contributed by atoms with Crippen LogP contribution >= 0.6 is 0 Å². The predicted octanol–water partition coefficient (Wildman–Crippen LogP) is 8.47. The molecule has 0 bridgehead atoms. The highest BCUT2D eigenvalue weighted by atomic mass is 19.4. The Balaban J connectivity index is 1.18. The van der Waals surface area contributed by atoms with Gasteiger partial charge in [-0.3, -0.25) is 24.1 Å². The molecule has 1 atom stereocenters. The second-order valence-corrected chi connectivity index (χ2v) is 12.3. The Kier molecular flexibility index (Phi) is 7.58. The summed E-state index contributed by atoms with van der Waals surface area (Å²) < 4.78 is 56.9. The summed E-state index contributed by atoms with van der Waals surface area (Å²) >= 11 is 0. The fourth-order valence-electron chi connectivity index (χ4n) is 6.19. The molecule has 0 N–H and O–H groups in total. The van der Waals surface area contributed by atoms with E-state index in [1.165, 1.54) is 31.3 Å². The first-order valence-electron chi connectivity index (χ1n) is 15.5. The predicted molar refractivity (Wildman–Crippen MR) is 177 cm³/mol. The Hall–Kier alpha value is -6.23. The average Bonchev–Trinajstić information content (AvgIpc) is 3.46. The lowest BCUT2D eigenvalue weighted by molar-refractivity contribution is -0.173. The van der Waals surface area contributed by atoms with E-state index >= 15 is 0 Å². The molecule has 250 valence electrons. The number of fused-ring (bicyclic) bond motifs is 2. The number of hydrogen-bond acceptors (Lipinski definition) is 6. The third kappa shape index (κ3) is 5.27. The minimum absolute atomic E-state index is 0.00523. The van der Waals surface area contributed by atoms with E-state index in [2.05, 4.69) is 0 Å². The van der Waals surface area contributed by atoms with Gasteiger partial charge < -0.3 is 9.47 Å². The number of hydrogen-bond donors (Lipinski definition) is 0. The zero-order valence-electron chi connectivity index (χ0n) is 26.9. The van der Waals surface area contributed by atoms with Crippen LogP contribution in [0.15, 0.2) is 109 Å².